The molecule has 0 bridgehead atoms. The molecule has 0 saturated heterocycles. The molecule has 1 rings (SSSR count). The van der Waals surface area contributed by atoms with Crippen molar-refractivity contribution in [3.63, 3.8) is 0 Å². The number of amides is 1. The average molecular weight is 303 g/mol. The SMILES string of the molecule is CCCNC(=O)CNCc1cccc(F)c1Br. The maximum atomic E-state index is 13.2. The Hall–Kier alpha value is -0.940. The number of hydrogen-bond donors (Lipinski definition) is 2. The Balaban J connectivity index is 2.36. The Morgan fingerprint density at radius 1 is 1.47 bits per heavy atom. The van der Waals surface area contributed by atoms with E-state index in [1.54, 1.807) is 6.07 Å². The Morgan fingerprint density at radius 3 is 2.94 bits per heavy atom. The molecule has 0 aliphatic heterocycles. The summed E-state index contributed by atoms with van der Waals surface area (Å²) in [6, 6.07) is 4.85. The van der Waals surface area contributed by atoms with E-state index >= 15 is 0 Å². The molecule has 0 aromatic heterocycles. The predicted octanol–water partition coefficient (Wildman–Crippen LogP) is 2.20. The standard InChI is InChI=1S/C12H16BrFN2O/c1-2-6-16-11(17)8-15-7-9-4-3-5-10(14)12(9)13/h3-5,15H,2,6-8H2,1H3,(H,16,17). The van der Waals surface area contributed by atoms with Gasteiger partial charge in [0.1, 0.15) is 5.82 Å². The minimum absolute atomic E-state index is 0.0422. The van der Waals surface area contributed by atoms with Gasteiger partial charge in [0.2, 0.25) is 5.91 Å². The molecule has 0 atom stereocenters. The lowest BCUT2D eigenvalue weighted by molar-refractivity contribution is -0.120. The molecule has 0 aliphatic carbocycles. The number of halogens is 2. The van der Waals surface area contributed by atoms with E-state index in [-0.39, 0.29) is 18.3 Å². The second-order valence-corrected chi connectivity index (χ2v) is 4.46. The molecule has 94 valence electrons. The third-order valence-corrected chi connectivity index (χ3v) is 3.09. The van der Waals surface area contributed by atoms with E-state index in [9.17, 15) is 9.18 Å². The van der Waals surface area contributed by atoms with Crippen LogP contribution in [0.25, 0.3) is 0 Å². The van der Waals surface area contributed by atoms with Crippen LogP contribution in [0, 0.1) is 5.82 Å². The summed E-state index contributed by atoms with van der Waals surface area (Å²) in [7, 11) is 0. The summed E-state index contributed by atoms with van der Waals surface area (Å²) in [5, 5.41) is 5.73. The van der Waals surface area contributed by atoms with Crippen LogP contribution in [-0.4, -0.2) is 19.0 Å². The monoisotopic (exact) mass is 302 g/mol. The van der Waals surface area contributed by atoms with E-state index in [0.717, 1.165) is 12.0 Å². The quantitative estimate of drug-likeness (QED) is 0.846. The third kappa shape index (κ3) is 4.83. The molecule has 0 fully saturated rings. The van der Waals surface area contributed by atoms with Gasteiger partial charge in [-0.3, -0.25) is 4.79 Å². The van der Waals surface area contributed by atoms with Gasteiger partial charge in [-0.2, -0.15) is 0 Å². The summed E-state index contributed by atoms with van der Waals surface area (Å²) in [4.78, 5) is 11.3. The summed E-state index contributed by atoms with van der Waals surface area (Å²) in [5.41, 5.74) is 0.799. The Bertz CT molecular complexity index is 385. The molecule has 1 aromatic carbocycles. The molecular formula is C12H16BrFN2O. The van der Waals surface area contributed by atoms with Crippen LogP contribution in [0.15, 0.2) is 22.7 Å². The van der Waals surface area contributed by atoms with E-state index < -0.39 is 0 Å². The second-order valence-electron chi connectivity index (χ2n) is 3.67. The zero-order chi connectivity index (χ0) is 12.7. The molecule has 1 aromatic rings. The van der Waals surface area contributed by atoms with E-state index in [2.05, 4.69) is 26.6 Å². The highest BCUT2D eigenvalue weighted by Gasteiger charge is 2.05. The predicted molar refractivity (Wildman–Crippen MR) is 69.1 cm³/mol. The van der Waals surface area contributed by atoms with Crippen LogP contribution in [0.5, 0.6) is 0 Å². The first-order valence-corrected chi connectivity index (χ1v) is 6.34. The lowest BCUT2D eigenvalue weighted by Crippen LogP contribution is -2.34. The summed E-state index contributed by atoms with van der Waals surface area (Å²) >= 11 is 3.17. The van der Waals surface area contributed by atoms with Crippen LogP contribution < -0.4 is 10.6 Å². The molecule has 3 nitrogen and oxygen atoms in total. The van der Waals surface area contributed by atoms with Crippen molar-refractivity contribution in [3.8, 4) is 0 Å². The molecular weight excluding hydrogens is 287 g/mol. The average Bonchev–Trinajstić information content (AvgIpc) is 2.32. The third-order valence-electron chi connectivity index (χ3n) is 2.20. The molecule has 1 amide bonds. The van der Waals surface area contributed by atoms with Crippen molar-refractivity contribution in [1.82, 2.24) is 10.6 Å². The Kier molecular flexibility index (Phi) is 6.15. The van der Waals surface area contributed by atoms with Gasteiger partial charge in [0.25, 0.3) is 0 Å². The highest BCUT2D eigenvalue weighted by Crippen LogP contribution is 2.19. The van der Waals surface area contributed by atoms with Gasteiger partial charge in [-0.05, 0) is 34.0 Å². The highest BCUT2D eigenvalue weighted by atomic mass is 79.9. The molecule has 0 spiro atoms. The van der Waals surface area contributed by atoms with Gasteiger partial charge in [-0.1, -0.05) is 19.1 Å². The zero-order valence-electron chi connectivity index (χ0n) is 9.72. The van der Waals surface area contributed by atoms with Crippen LogP contribution in [0.1, 0.15) is 18.9 Å². The highest BCUT2D eigenvalue weighted by molar-refractivity contribution is 9.10. The van der Waals surface area contributed by atoms with Crippen LogP contribution in [0.3, 0.4) is 0 Å². The van der Waals surface area contributed by atoms with Crippen molar-refractivity contribution in [3.05, 3.63) is 34.1 Å². The van der Waals surface area contributed by atoms with Crippen LogP contribution >= 0.6 is 15.9 Å². The van der Waals surface area contributed by atoms with Gasteiger partial charge in [0.05, 0.1) is 11.0 Å². The smallest absolute Gasteiger partial charge is 0.233 e. The van der Waals surface area contributed by atoms with E-state index in [0.29, 0.717) is 17.6 Å². The van der Waals surface area contributed by atoms with Gasteiger partial charge in [-0.15, -0.1) is 0 Å². The van der Waals surface area contributed by atoms with Gasteiger partial charge in [0.15, 0.2) is 0 Å². The molecule has 2 N–H and O–H groups in total. The van der Waals surface area contributed by atoms with Gasteiger partial charge in [0, 0.05) is 13.1 Å². The molecule has 0 saturated carbocycles. The maximum absolute atomic E-state index is 13.2. The van der Waals surface area contributed by atoms with Gasteiger partial charge in [-0.25, -0.2) is 4.39 Å². The lowest BCUT2D eigenvalue weighted by atomic mass is 10.2. The zero-order valence-corrected chi connectivity index (χ0v) is 11.3. The Labute approximate surface area is 109 Å². The fraction of sp³-hybridized carbons (Fsp3) is 0.417. The van der Waals surface area contributed by atoms with Crippen molar-refractivity contribution >= 4 is 21.8 Å². The largest absolute Gasteiger partial charge is 0.355 e. The second kappa shape index (κ2) is 7.40. The van der Waals surface area contributed by atoms with Crippen LogP contribution in [0.2, 0.25) is 0 Å². The first kappa shape index (κ1) is 14.1. The van der Waals surface area contributed by atoms with Crippen LogP contribution in [0.4, 0.5) is 4.39 Å². The molecule has 0 radical (unpaired) electrons. The number of carbonyl (C=O) groups is 1. The maximum Gasteiger partial charge on any atom is 0.233 e. The number of benzene rings is 1. The molecule has 17 heavy (non-hydrogen) atoms. The lowest BCUT2D eigenvalue weighted by Gasteiger charge is -2.07. The van der Waals surface area contributed by atoms with Crippen molar-refractivity contribution in [2.75, 3.05) is 13.1 Å². The normalized spacial score (nSPS) is 10.3. The van der Waals surface area contributed by atoms with Crippen LogP contribution in [-0.2, 0) is 11.3 Å². The molecule has 0 heterocycles. The summed E-state index contributed by atoms with van der Waals surface area (Å²) < 4.78 is 13.6. The summed E-state index contributed by atoms with van der Waals surface area (Å²) in [5.74, 6) is -0.334. The van der Waals surface area contributed by atoms with Crippen molar-refractivity contribution in [1.29, 1.82) is 0 Å². The minimum atomic E-state index is -0.292. The number of hydrogen-bond acceptors (Lipinski definition) is 2. The molecule has 0 unspecified atom stereocenters. The van der Waals surface area contributed by atoms with Gasteiger partial charge < -0.3 is 10.6 Å². The van der Waals surface area contributed by atoms with Crippen molar-refractivity contribution in [2.45, 2.75) is 19.9 Å². The number of rotatable bonds is 6. The first-order valence-electron chi connectivity index (χ1n) is 5.55. The number of carbonyl (C=O) groups excluding carboxylic acids is 1. The van der Waals surface area contributed by atoms with Crippen molar-refractivity contribution in [2.24, 2.45) is 0 Å². The number of nitrogens with one attached hydrogen (secondary N) is 2. The topological polar surface area (TPSA) is 41.1 Å². The first-order chi connectivity index (χ1) is 8.15. The fourth-order valence-corrected chi connectivity index (χ4v) is 1.73. The fourth-order valence-electron chi connectivity index (χ4n) is 1.32. The Morgan fingerprint density at radius 2 is 2.24 bits per heavy atom. The van der Waals surface area contributed by atoms with Gasteiger partial charge >= 0.3 is 0 Å². The minimum Gasteiger partial charge on any atom is -0.355 e. The molecule has 0 aliphatic rings. The van der Waals surface area contributed by atoms with E-state index in [1.165, 1.54) is 6.07 Å². The van der Waals surface area contributed by atoms with E-state index in [1.807, 2.05) is 13.0 Å². The summed E-state index contributed by atoms with van der Waals surface area (Å²) in [6.45, 7) is 3.38. The summed E-state index contributed by atoms with van der Waals surface area (Å²) in [6.07, 6.45) is 0.918. The van der Waals surface area contributed by atoms with Crippen molar-refractivity contribution < 1.29 is 9.18 Å². The van der Waals surface area contributed by atoms with E-state index in [4.69, 9.17) is 0 Å². The molecule has 5 heteroatoms.